The van der Waals surface area contributed by atoms with E-state index in [-0.39, 0.29) is 0 Å². The molecule has 2 atom stereocenters. The van der Waals surface area contributed by atoms with E-state index in [1.807, 2.05) is 0 Å². The molecule has 0 aromatic carbocycles. The van der Waals surface area contributed by atoms with Gasteiger partial charge in [-0.25, -0.2) is 0 Å². The van der Waals surface area contributed by atoms with Crippen molar-refractivity contribution in [1.29, 1.82) is 0 Å². The molecule has 2 nitrogen and oxygen atoms in total. The molecule has 2 heteroatoms. The highest BCUT2D eigenvalue weighted by Crippen LogP contribution is 2.37. The van der Waals surface area contributed by atoms with Crippen molar-refractivity contribution in [2.24, 2.45) is 11.8 Å². The summed E-state index contributed by atoms with van der Waals surface area (Å²) in [5.41, 5.74) is -0.406. The zero-order valence-corrected chi connectivity index (χ0v) is 9.97. The van der Waals surface area contributed by atoms with Crippen molar-refractivity contribution in [3.05, 3.63) is 0 Å². The first-order chi connectivity index (χ1) is 7.18. The van der Waals surface area contributed by atoms with Crippen molar-refractivity contribution in [2.45, 2.75) is 57.5 Å². The fraction of sp³-hybridized carbons (Fsp3) is 1.00. The third kappa shape index (κ3) is 2.94. The van der Waals surface area contributed by atoms with Crippen LogP contribution in [0.2, 0.25) is 0 Å². The van der Waals surface area contributed by atoms with Crippen LogP contribution in [0.5, 0.6) is 0 Å². The van der Waals surface area contributed by atoms with Crippen LogP contribution in [0.1, 0.15) is 51.9 Å². The summed E-state index contributed by atoms with van der Waals surface area (Å²) in [6, 6.07) is 0. The Balaban J connectivity index is 1.86. The zero-order valence-electron chi connectivity index (χ0n) is 9.97. The predicted octanol–water partition coefficient (Wildman–Crippen LogP) is 2.32. The first-order valence-corrected chi connectivity index (χ1v) is 6.61. The molecule has 1 aliphatic carbocycles. The summed E-state index contributed by atoms with van der Waals surface area (Å²) < 4.78 is 0. The first kappa shape index (κ1) is 11.4. The van der Waals surface area contributed by atoms with Crippen LogP contribution in [-0.4, -0.2) is 23.8 Å². The Morgan fingerprint density at radius 1 is 1.20 bits per heavy atom. The number of rotatable bonds is 3. The second-order valence-corrected chi connectivity index (χ2v) is 5.76. The Kier molecular flexibility index (Phi) is 3.68. The topological polar surface area (TPSA) is 32.3 Å². The molecular formula is C13H25NO. The minimum Gasteiger partial charge on any atom is -0.390 e. The Labute approximate surface area is 93.5 Å². The summed E-state index contributed by atoms with van der Waals surface area (Å²) >= 11 is 0. The van der Waals surface area contributed by atoms with Gasteiger partial charge < -0.3 is 10.4 Å². The van der Waals surface area contributed by atoms with Gasteiger partial charge in [-0.05, 0) is 57.5 Å². The molecule has 1 saturated carbocycles. The molecule has 2 rings (SSSR count). The summed E-state index contributed by atoms with van der Waals surface area (Å²) in [6.45, 7) is 4.33. The van der Waals surface area contributed by atoms with Gasteiger partial charge in [0, 0.05) is 0 Å². The molecule has 1 heterocycles. The number of hydrogen-bond donors (Lipinski definition) is 2. The van der Waals surface area contributed by atoms with Crippen molar-refractivity contribution in [3.63, 3.8) is 0 Å². The second-order valence-electron chi connectivity index (χ2n) is 5.76. The number of nitrogens with one attached hydrogen (secondary N) is 1. The van der Waals surface area contributed by atoms with Crippen LogP contribution >= 0.6 is 0 Å². The third-order valence-corrected chi connectivity index (χ3v) is 4.35. The van der Waals surface area contributed by atoms with Crippen molar-refractivity contribution in [3.8, 4) is 0 Å². The van der Waals surface area contributed by atoms with E-state index in [4.69, 9.17) is 0 Å². The Morgan fingerprint density at radius 2 is 1.93 bits per heavy atom. The van der Waals surface area contributed by atoms with E-state index in [1.54, 1.807) is 0 Å². The summed E-state index contributed by atoms with van der Waals surface area (Å²) in [5.74, 6) is 1.27. The van der Waals surface area contributed by atoms with Crippen LogP contribution in [0.4, 0.5) is 0 Å². The van der Waals surface area contributed by atoms with Crippen molar-refractivity contribution < 1.29 is 5.11 Å². The van der Waals surface area contributed by atoms with E-state index in [9.17, 15) is 5.11 Å². The predicted molar refractivity (Wildman–Crippen MR) is 62.8 cm³/mol. The van der Waals surface area contributed by atoms with Crippen molar-refractivity contribution >= 4 is 0 Å². The first-order valence-electron chi connectivity index (χ1n) is 6.61. The minimum atomic E-state index is -0.406. The van der Waals surface area contributed by atoms with Gasteiger partial charge in [0.05, 0.1) is 5.60 Å². The lowest BCUT2D eigenvalue weighted by atomic mass is 9.74. The maximum Gasteiger partial charge on any atom is 0.0650 e. The van der Waals surface area contributed by atoms with Gasteiger partial charge in [-0.15, -0.1) is 0 Å². The van der Waals surface area contributed by atoms with E-state index < -0.39 is 5.60 Å². The van der Waals surface area contributed by atoms with Crippen LogP contribution in [-0.2, 0) is 0 Å². The molecule has 0 aromatic rings. The van der Waals surface area contributed by atoms with Crippen LogP contribution in [0.25, 0.3) is 0 Å². The van der Waals surface area contributed by atoms with Gasteiger partial charge in [-0.2, -0.15) is 0 Å². The van der Waals surface area contributed by atoms with Crippen LogP contribution in [0, 0.1) is 11.8 Å². The van der Waals surface area contributed by atoms with Gasteiger partial charge in [0.25, 0.3) is 0 Å². The zero-order chi connectivity index (χ0) is 10.7. The van der Waals surface area contributed by atoms with Gasteiger partial charge in [0.1, 0.15) is 0 Å². The fourth-order valence-electron chi connectivity index (χ4n) is 3.36. The summed E-state index contributed by atoms with van der Waals surface area (Å²) in [4.78, 5) is 0. The third-order valence-electron chi connectivity index (χ3n) is 4.35. The van der Waals surface area contributed by atoms with Gasteiger partial charge in [-0.3, -0.25) is 0 Å². The Bertz CT molecular complexity index is 191. The molecule has 1 saturated heterocycles. The summed E-state index contributed by atoms with van der Waals surface area (Å²) in [7, 11) is 0. The molecule has 2 fully saturated rings. The maximum absolute atomic E-state index is 10.6. The minimum absolute atomic E-state index is 0.406. The number of hydrogen-bond acceptors (Lipinski definition) is 2. The maximum atomic E-state index is 10.6. The van der Waals surface area contributed by atoms with E-state index >= 15 is 0 Å². The Hall–Kier alpha value is -0.0800. The van der Waals surface area contributed by atoms with E-state index in [0.29, 0.717) is 11.8 Å². The molecule has 0 bridgehead atoms. The average Bonchev–Trinajstić information content (AvgIpc) is 2.71. The molecular weight excluding hydrogens is 186 g/mol. The molecule has 15 heavy (non-hydrogen) atoms. The lowest BCUT2D eigenvalue weighted by Gasteiger charge is -2.37. The standard InChI is InChI=1S/C13H25NO/c1-13(15,9-11-7-8-14-10-11)12-5-3-2-4-6-12/h11-12,14-15H,2-10H2,1H3. The molecule has 88 valence electrons. The normalized spacial score (nSPS) is 32.8. The van der Waals surface area contributed by atoms with Gasteiger partial charge in [0.15, 0.2) is 0 Å². The summed E-state index contributed by atoms with van der Waals surface area (Å²) in [6.07, 6.45) is 8.76. The summed E-state index contributed by atoms with van der Waals surface area (Å²) in [5, 5.41) is 14.0. The molecule has 1 aliphatic heterocycles. The monoisotopic (exact) mass is 211 g/mol. The van der Waals surface area contributed by atoms with E-state index in [2.05, 4.69) is 12.2 Å². The van der Waals surface area contributed by atoms with E-state index in [1.165, 1.54) is 38.5 Å². The van der Waals surface area contributed by atoms with Crippen molar-refractivity contribution in [1.82, 2.24) is 5.32 Å². The molecule has 2 aliphatic rings. The number of aliphatic hydroxyl groups is 1. The van der Waals surface area contributed by atoms with E-state index in [0.717, 1.165) is 19.5 Å². The highest BCUT2D eigenvalue weighted by molar-refractivity contribution is 4.88. The SMILES string of the molecule is CC(O)(CC1CCNC1)C1CCCCC1. The lowest BCUT2D eigenvalue weighted by molar-refractivity contribution is -0.0341. The second kappa shape index (κ2) is 4.84. The van der Waals surface area contributed by atoms with Crippen LogP contribution in [0.15, 0.2) is 0 Å². The molecule has 2 N–H and O–H groups in total. The van der Waals surface area contributed by atoms with Gasteiger partial charge in [0.2, 0.25) is 0 Å². The molecule has 2 unspecified atom stereocenters. The van der Waals surface area contributed by atoms with Crippen molar-refractivity contribution in [2.75, 3.05) is 13.1 Å². The quantitative estimate of drug-likeness (QED) is 0.751. The van der Waals surface area contributed by atoms with Gasteiger partial charge >= 0.3 is 0 Å². The van der Waals surface area contributed by atoms with Gasteiger partial charge in [-0.1, -0.05) is 19.3 Å². The molecule has 0 spiro atoms. The molecule has 0 amide bonds. The average molecular weight is 211 g/mol. The highest BCUT2D eigenvalue weighted by Gasteiger charge is 2.35. The molecule has 0 aromatic heterocycles. The largest absolute Gasteiger partial charge is 0.390 e. The molecule has 0 radical (unpaired) electrons. The Morgan fingerprint density at radius 3 is 2.53 bits per heavy atom. The smallest absolute Gasteiger partial charge is 0.0650 e. The highest BCUT2D eigenvalue weighted by atomic mass is 16.3. The lowest BCUT2D eigenvalue weighted by Crippen LogP contribution is -2.38. The fourth-order valence-corrected chi connectivity index (χ4v) is 3.36. The van der Waals surface area contributed by atoms with Crippen LogP contribution < -0.4 is 5.32 Å². The van der Waals surface area contributed by atoms with Crippen LogP contribution in [0.3, 0.4) is 0 Å².